The first kappa shape index (κ1) is 13.1. The number of hydrogen-bond acceptors (Lipinski definition) is 4. The second-order valence-electron chi connectivity index (χ2n) is 5.70. The minimum Gasteiger partial charge on any atom is -0.383 e. The molecule has 0 bridgehead atoms. The van der Waals surface area contributed by atoms with E-state index in [9.17, 15) is 0 Å². The smallest absolute Gasteiger partial charge is 0.180 e. The van der Waals surface area contributed by atoms with E-state index in [0.29, 0.717) is 17.7 Å². The van der Waals surface area contributed by atoms with Gasteiger partial charge in [-0.1, -0.05) is 6.42 Å². The molecule has 0 atom stereocenters. The lowest BCUT2D eigenvalue weighted by atomic mass is 10.1. The number of rotatable bonds is 2. The number of aromatic nitrogens is 4. The molecular weight excluding hydrogens is 250 g/mol. The third kappa shape index (κ3) is 2.28. The second kappa shape index (κ2) is 5.23. The molecule has 2 aromatic rings. The first-order valence-corrected chi connectivity index (χ1v) is 7.34. The van der Waals surface area contributed by atoms with E-state index in [-0.39, 0.29) is 0 Å². The van der Waals surface area contributed by atoms with Crippen LogP contribution < -0.4 is 5.73 Å². The van der Waals surface area contributed by atoms with E-state index in [4.69, 9.17) is 10.7 Å². The monoisotopic (exact) mass is 271 g/mol. The number of fused-ring (bicyclic) bond motifs is 1. The van der Waals surface area contributed by atoms with E-state index in [2.05, 4.69) is 28.4 Å². The quantitative estimate of drug-likeness (QED) is 0.853. The van der Waals surface area contributed by atoms with Crippen molar-refractivity contribution in [3.8, 4) is 11.5 Å². The SMILES string of the molecule is CC(C)n1cncc1-c1nc(N)c2c(n1)CCCCC2. The molecule has 0 saturated carbocycles. The van der Waals surface area contributed by atoms with Crippen LogP contribution >= 0.6 is 0 Å². The maximum absolute atomic E-state index is 6.16. The van der Waals surface area contributed by atoms with Gasteiger partial charge in [0, 0.05) is 17.3 Å². The fraction of sp³-hybridized carbons (Fsp3) is 0.533. The number of hydrogen-bond donors (Lipinski definition) is 1. The van der Waals surface area contributed by atoms with Crippen LogP contribution in [-0.4, -0.2) is 19.5 Å². The summed E-state index contributed by atoms with van der Waals surface area (Å²) in [5, 5.41) is 0. The molecule has 0 unspecified atom stereocenters. The summed E-state index contributed by atoms with van der Waals surface area (Å²) >= 11 is 0. The zero-order valence-corrected chi connectivity index (χ0v) is 12.1. The third-order valence-electron chi connectivity index (χ3n) is 3.92. The van der Waals surface area contributed by atoms with Gasteiger partial charge < -0.3 is 10.3 Å². The van der Waals surface area contributed by atoms with Gasteiger partial charge >= 0.3 is 0 Å². The lowest BCUT2D eigenvalue weighted by Crippen LogP contribution is -2.09. The largest absolute Gasteiger partial charge is 0.383 e. The van der Waals surface area contributed by atoms with Crippen molar-refractivity contribution in [2.75, 3.05) is 5.73 Å². The zero-order chi connectivity index (χ0) is 14.1. The molecule has 1 aliphatic rings. The highest BCUT2D eigenvalue weighted by atomic mass is 15.1. The Kier molecular flexibility index (Phi) is 3.42. The summed E-state index contributed by atoms with van der Waals surface area (Å²) < 4.78 is 2.08. The number of nitrogens with two attached hydrogens (primary N) is 1. The summed E-state index contributed by atoms with van der Waals surface area (Å²) in [6, 6.07) is 0.330. The van der Waals surface area contributed by atoms with Crippen LogP contribution in [0, 0.1) is 0 Å². The van der Waals surface area contributed by atoms with Crippen molar-refractivity contribution in [3.05, 3.63) is 23.8 Å². The molecule has 3 rings (SSSR count). The van der Waals surface area contributed by atoms with Gasteiger partial charge in [-0.2, -0.15) is 0 Å². The number of anilines is 1. The molecule has 0 aliphatic heterocycles. The minimum absolute atomic E-state index is 0.330. The molecular formula is C15H21N5. The van der Waals surface area contributed by atoms with Crippen molar-refractivity contribution in [3.63, 3.8) is 0 Å². The van der Waals surface area contributed by atoms with Crippen molar-refractivity contribution in [1.82, 2.24) is 19.5 Å². The number of aryl methyl sites for hydroxylation is 1. The van der Waals surface area contributed by atoms with Crippen LogP contribution in [0.4, 0.5) is 5.82 Å². The second-order valence-corrected chi connectivity index (χ2v) is 5.70. The Bertz CT molecular complexity index is 615. The molecule has 0 saturated heterocycles. The molecule has 106 valence electrons. The standard InChI is InChI=1S/C15H21N5/c1-10(2)20-9-17-8-13(20)15-18-12-7-5-3-4-6-11(12)14(16)19-15/h8-10H,3-7H2,1-2H3,(H2,16,18,19). The lowest BCUT2D eigenvalue weighted by molar-refractivity contribution is 0.603. The van der Waals surface area contributed by atoms with E-state index in [0.717, 1.165) is 29.8 Å². The number of nitrogen functional groups attached to an aromatic ring is 1. The Hall–Kier alpha value is -1.91. The molecule has 0 fully saturated rings. The van der Waals surface area contributed by atoms with Crippen molar-refractivity contribution in [1.29, 1.82) is 0 Å². The first-order chi connectivity index (χ1) is 9.66. The fourth-order valence-electron chi connectivity index (χ4n) is 2.80. The van der Waals surface area contributed by atoms with Crippen LogP contribution in [0.2, 0.25) is 0 Å². The van der Waals surface area contributed by atoms with Crippen LogP contribution in [0.5, 0.6) is 0 Å². The summed E-state index contributed by atoms with van der Waals surface area (Å²) in [6.07, 6.45) is 9.27. The fourth-order valence-corrected chi connectivity index (χ4v) is 2.80. The molecule has 20 heavy (non-hydrogen) atoms. The zero-order valence-electron chi connectivity index (χ0n) is 12.1. The summed E-state index contributed by atoms with van der Waals surface area (Å²) in [6.45, 7) is 4.25. The highest BCUT2D eigenvalue weighted by Crippen LogP contribution is 2.27. The van der Waals surface area contributed by atoms with E-state index in [1.807, 2.05) is 12.5 Å². The summed E-state index contributed by atoms with van der Waals surface area (Å²) in [4.78, 5) is 13.5. The van der Waals surface area contributed by atoms with Gasteiger partial charge in [0.15, 0.2) is 5.82 Å². The van der Waals surface area contributed by atoms with Crippen molar-refractivity contribution >= 4 is 5.82 Å². The van der Waals surface area contributed by atoms with Crippen LogP contribution in [0.25, 0.3) is 11.5 Å². The Labute approximate surface area is 119 Å². The molecule has 0 radical (unpaired) electrons. The average Bonchev–Trinajstić information content (AvgIpc) is 2.78. The lowest BCUT2D eigenvalue weighted by Gasteiger charge is -2.13. The van der Waals surface area contributed by atoms with E-state index in [1.165, 1.54) is 19.3 Å². The van der Waals surface area contributed by atoms with Gasteiger partial charge in [0.2, 0.25) is 0 Å². The molecule has 0 spiro atoms. The Balaban J connectivity index is 2.09. The topological polar surface area (TPSA) is 69.6 Å². The maximum Gasteiger partial charge on any atom is 0.180 e. The molecule has 5 heteroatoms. The Morgan fingerprint density at radius 2 is 1.95 bits per heavy atom. The molecule has 2 N–H and O–H groups in total. The van der Waals surface area contributed by atoms with Gasteiger partial charge in [-0.3, -0.25) is 0 Å². The van der Waals surface area contributed by atoms with Gasteiger partial charge in [-0.05, 0) is 39.5 Å². The highest BCUT2D eigenvalue weighted by molar-refractivity contribution is 5.55. The molecule has 2 heterocycles. The summed E-state index contributed by atoms with van der Waals surface area (Å²) in [7, 11) is 0. The van der Waals surface area contributed by atoms with E-state index in [1.54, 1.807) is 0 Å². The number of imidazole rings is 1. The number of nitrogens with zero attached hydrogens (tertiary/aromatic N) is 4. The molecule has 0 aromatic carbocycles. The van der Waals surface area contributed by atoms with Gasteiger partial charge in [0.25, 0.3) is 0 Å². The third-order valence-corrected chi connectivity index (χ3v) is 3.92. The van der Waals surface area contributed by atoms with Gasteiger partial charge in [-0.25, -0.2) is 15.0 Å². The highest BCUT2D eigenvalue weighted by Gasteiger charge is 2.18. The van der Waals surface area contributed by atoms with Crippen molar-refractivity contribution < 1.29 is 0 Å². The summed E-state index contributed by atoms with van der Waals surface area (Å²) in [5.41, 5.74) is 9.39. The maximum atomic E-state index is 6.16. The van der Waals surface area contributed by atoms with E-state index < -0.39 is 0 Å². The van der Waals surface area contributed by atoms with Gasteiger partial charge in [0.1, 0.15) is 11.5 Å². The normalized spacial score (nSPS) is 15.2. The van der Waals surface area contributed by atoms with Crippen LogP contribution in [0.3, 0.4) is 0 Å². The van der Waals surface area contributed by atoms with Crippen LogP contribution in [0.15, 0.2) is 12.5 Å². The minimum atomic E-state index is 0.330. The average molecular weight is 271 g/mol. The van der Waals surface area contributed by atoms with E-state index >= 15 is 0 Å². The van der Waals surface area contributed by atoms with Gasteiger partial charge in [0.05, 0.1) is 12.5 Å². The van der Waals surface area contributed by atoms with Gasteiger partial charge in [-0.15, -0.1) is 0 Å². The van der Waals surface area contributed by atoms with Crippen LogP contribution in [0.1, 0.15) is 50.4 Å². The Morgan fingerprint density at radius 3 is 2.75 bits per heavy atom. The van der Waals surface area contributed by atoms with Crippen LogP contribution in [-0.2, 0) is 12.8 Å². The predicted molar refractivity (Wildman–Crippen MR) is 79.3 cm³/mol. The summed E-state index contributed by atoms with van der Waals surface area (Å²) in [5.74, 6) is 1.35. The van der Waals surface area contributed by atoms with Crippen molar-refractivity contribution in [2.45, 2.75) is 52.0 Å². The predicted octanol–water partition coefficient (Wildman–Crippen LogP) is 2.77. The molecule has 5 nitrogen and oxygen atoms in total. The Morgan fingerprint density at radius 1 is 1.15 bits per heavy atom. The van der Waals surface area contributed by atoms with Crippen molar-refractivity contribution in [2.24, 2.45) is 0 Å². The molecule has 0 amide bonds. The molecule has 2 aromatic heterocycles. The first-order valence-electron chi connectivity index (χ1n) is 7.34. The molecule has 1 aliphatic carbocycles.